The summed E-state index contributed by atoms with van der Waals surface area (Å²) in [6, 6.07) is 6.72. The summed E-state index contributed by atoms with van der Waals surface area (Å²) < 4.78 is 59.1. The number of nitrogens with two attached hydrogens (primary N) is 1. The van der Waals surface area contributed by atoms with E-state index in [1.54, 1.807) is 0 Å². The molecule has 6 heterocycles. The lowest BCUT2D eigenvalue weighted by molar-refractivity contribution is 0.107. The van der Waals surface area contributed by atoms with Crippen molar-refractivity contribution in [3.8, 4) is 35.0 Å². The van der Waals surface area contributed by atoms with Crippen molar-refractivity contribution in [2.24, 2.45) is 5.92 Å². The van der Waals surface area contributed by atoms with Gasteiger partial charge < -0.3 is 20.1 Å². The molecular weight excluding hydrogens is 639 g/mol. The zero-order valence-corrected chi connectivity index (χ0v) is 26.0. The van der Waals surface area contributed by atoms with Gasteiger partial charge in [0.25, 0.3) is 0 Å². The lowest BCUT2D eigenvalue weighted by Gasteiger charge is -2.32. The fraction of sp³-hybridized carbons (Fsp3) is 0.438. The van der Waals surface area contributed by atoms with Gasteiger partial charge in [-0.05, 0) is 37.4 Å². The Morgan fingerprint density at radius 1 is 1.22 bits per heavy atom. The maximum atomic E-state index is 17.1. The summed E-state index contributed by atoms with van der Waals surface area (Å²) in [5.74, 6) is -1.23. The predicted molar refractivity (Wildman–Crippen MR) is 168 cm³/mol. The minimum Gasteiger partial charge on any atom is -0.491 e. The fourth-order valence-electron chi connectivity index (χ4n) is 7.88. The third-order valence-corrected chi connectivity index (χ3v) is 11.3. The third-order valence-electron chi connectivity index (χ3n) is 9.94. The Morgan fingerprint density at radius 2 is 2.07 bits per heavy atom. The summed E-state index contributed by atoms with van der Waals surface area (Å²) in [6.07, 6.45) is 2.21. The van der Waals surface area contributed by atoms with E-state index in [1.807, 2.05) is 11.0 Å². The summed E-state index contributed by atoms with van der Waals surface area (Å²) >= 11 is 7.89. The van der Waals surface area contributed by atoms with Gasteiger partial charge in [-0.25, -0.2) is 13.2 Å². The molecule has 3 fully saturated rings. The number of benzene rings is 2. The topological polar surface area (TPSA) is 124 Å². The van der Waals surface area contributed by atoms with Crippen LogP contribution in [0.1, 0.15) is 37.7 Å². The van der Waals surface area contributed by atoms with E-state index in [4.69, 9.17) is 31.8 Å². The van der Waals surface area contributed by atoms with Gasteiger partial charge in [0, 0.05) is 42.9 Å². The average molecular weight is 666 g/mol. The van der Waals surface area contributed by atoms with Crippen LogP contribution in [0.3, 0.4) is 0 Å². The van der Waals surface area contributed by atoms with Crippen LogP contribution in [0, 0.1) is 40.2 Å². The van der Waals surface area contributed by atoms with Crippen LogP contribution in [0.25, 0.3) is 32.1 Å². The summed E-state index contributed by atoms with van der Waals surface area (Å²) in [5.41, 5.74) is 5.52. The molecule has 2 aromatic heterocycles. The van der Waals surface area contributed by atoms with E-state index in [1.165, 1.54) is 12.1 Å². The number of nitrogen functional groups attached to an aromatic ring is 1. The van der Waals surface area contributed by atoms with Crippen LogP contribution in [0.15, 0.2) is 12.1 Å². The molecular formula is C32H27ClF3N7O2S. The first kappa shape index (κ1) is 29.4. The summed E-state index contributed by atoms with van der Waals surface area (Å²) in [6.45, 7) is 1.85. The second-order valence-corrected chi connectivity index (χ2v) is 13.9. The van der Waals surface area contributed by atoms with Crippen molar-refractivity contribution < 1.29 is 22.6 Å². The van der Waals surface area contributed by atoms with Gasteiger partial charge in [-0.15, -0.1) is 11.3 Å². The highest BCUT2D eigenvalue weighted by Crippen LogP contribution is 2.51. The van der Waals surface area contributed by atoms with Crippen LogP contribution in [0.4, 0.5) is 24.0 Å². The molecule has 4 atom stereocenters. The van der Waals surface area contributed by atoms with Gasteiger partial charge >= 0.3 is 6.01 Å². The Balaban J connectivity index is 1.36. The number of fused-ring (bicyclic) bond motifs is 4. The second kappa shape index (κ2) is 10.8. The Bertz CT molecular complexity index is 2030. The molecule has 2 aromatic carbocycles. The molecule has 4 aliphatic rings. The summed E-state index contributed by atoms with van der Waals surface area (Å²) in [5, 5.41) is 20.1. The van der Waals surface area contributed by atoms with Gasteiger partial charge in [0.05, 0.1) is 44.8 Å². The molecule has 0 aliphatic carbocycles. The van der Waals surface area contributed by atoms with E-state index in [2.05, 4.69) is 16.0 Å². The molecule has 2 N–H and O–H groups in total. The highest BCUT2D eigenvalue weighted by atomic mass is 35.5. The first-order valence-electron chi connectivity index (χ1n) is 15.2. The number of aromatic nitrogens is 2. The molecule has 0 bridgehead atoms. The number of alkyl halides is 1. The fourth-order valence-corrected chi connectivity index (χ4v) is 9.16. The number of hydrogen-bond acceptors (Lipinski definition) is 10. The van der Waals surface area contributed by atoms with Crippen LogP contribution in [-0.2, 0) is 0 Å². The maximum Gasteiger partial charge on any atom is 0.319 e. The number of halogens is 4. The van der Waals surface area contributed by atoms with E-state index >= 15 is 4.39 Å². The number of anilines is 2. The molecule has 9 nitrogen and oxygen atoms in total. The molecule has 3 saturated heterocycles. The highest BCUT2D eigenvalue weighted by Gasteiger charge is 2.49. The molecule has 0 saturated carbocycles. The largest absolute Gasteiger partial charge is 0.491 e. The van der Waals surface area contributed by atoms with Crippen molar-refractivity contribution in [1.82, 2.24) is 14.9 Å². The smallest absolute Gasteiger partial charge is 0.319 e. The van der Waals surface area contributed by atoms with Crippen LogP contribution >= 0.6 is 22.9 Å². The number of thiophene rings is 1. The molecule has 8 rings (SSSR count). The summed E-state index contributed by atoms with van der Waals surface area (Å²) in [4.78, 5) is 13.4. The molecule has 1 unspecified atom stereocenters. The van der Waals surface area contributed by atoms with E-state index in [-0.39, 0.29) is 84.6 Å². The van der Waals surface area contributed by atoms with Crippen molar-refractivity contribution in [2.45, 2.75) is 49.9 Å². The van der Waals surface area contributed by atoms with E-state index in [9.17, 15) is 19.3 Å². The molecule has 46 heavy (non-hydrogen) atoms. The average Bonchev–Trinajstić information content (AvgIpc) is 3.78. The van der Waals surface area contributed by atoms with Crippen LogP contribution in [0.5, 0.6) is 11.8 Å². The SMILES string of the molecule is N#Cc1c(N)sc2c(F)ccc(-c3c(Cl)c4c5c(nc(OCC67CCCN6C[C@H](F)C7)nc5c3F)N3C[C@@H](C#N)C[C@@H]3CCO4)c12. The van der Waals surface area contributed by atoms with Crippen molar-refractivity contribution in [3.05, 3.63) is 34.4 Å². The van der Waals surface area contributed by atoms with E-state index in [0.29, 0.717) is 38.2 Å². The molecule has 0 radical (unpaired) electrons. The van der Waals surface area contributed by atoms with Gasteiger partial charge in [-0.1, -0.05) is 17.7 Å². The normalized spacial score (nSPS) is 25.5. The van der Waals surface area contributed by atoms with E-state index < -0.39 is 23.3 Å². The zero-order valence-electron chi connectivity index (χ0n) is 24.5. The van der Waals surface area contributed by atoms with Gasteiger partial charge in [0.1, 0.15) is 41.0 Å². The quantitative estimate of drug-likeness (QED) is 0.265. The minimum atomic E-state index is -0.957. The van der Waals surface area contributed by atoms with Crippen molar-refractivity contribution in [1.29, 1.82) is 10.5 Å². The minimum absolute atomic E-state index is 0.0200. The van der Waals surface area contributed by atoms with Gasteiger partial charge in [-0.2, -0.15) is 20.5 Å². The van der Waals surface area contributed by atoms with Crippen molar-refractivity contribution in [2.75, 3.05) is 43.5 Å². The molecule has 4 aliphatic heterocycles. The number of nitriles is 2. The Hall–Kier alpha value is -4.04. The predicted octanol–water partition coefficient (Wildman–Crippen LogP) is 6.35. The number of hydrogen-bond donors (Lipinski definition) is 1. The lowest BCUT2D eigenvalue weighted by atomic mass is 9.95. The Labute approximate surface area is 270 Å². The summed E-state index contributed by atoms with van der Waals surface area (Å²) in [7, 11) is 0. The first-order chi connectivity index (χ1) is 22.2. The highest BCUT2D eigenvalue weighted by molar-refractivity contribution is 7.23. The Morgan fingerprint density at radius 3 is 2.87 bits per heavy atom. The Kier molecular flexibility index (Phi) is 6.87. The standard InChI is InChI=1S/C32H27ClF3N7O2S/c33-24-22(18-2-3-20(35)28-21(18)19(11-38)29(39)46-28)25(36)26-23-27(24)44-7-4-17-8-15(10-37)12-43(17)30(23)41-31(40-26)45-14-32-5-1-6-42(32)13-16(34)9-32/h2-3,15-17H,1,4-9,12-14,39H2/t15-,16-,17+,32?/m1/s1. The van der Waals surface area contributed by atoms with Crippen LogP contribution < -0.4 is 20.1 Å². The molecule has 0 spiro atoms. The van der Waals surface area contributed by atoms with Gasteiger partial charge in [0.2, 0.25) is 0 Å². The van der Waals surface area contributed by atoms with Crippen molar-refractivity contribution in [3.63, 3.8) is 0 Å². The van der Waals surface area contributed by atoms with Gasteiger partial charge in [0.15, 0.2) is 11.6 Å². The second-order valence-electron chi connectivity index (χ2n) is 12.5. The first-order valence-corrected chi connectivity index (χ1v) is 16.4. The molecule has 0 amide bonds. The lowest BCUT2D eigenvalue weighted by Crippen LogP contribution is -2.43. The molecule has 236 valence electrons. The third kappa shape index (κ3) is 4.29. The molecule has 4 aromatic rings. The van der Waals surface area contributed by atoms with Gasteiger partial charge in [-0.3, -0.25) is 4.90 Å². The maximum absolute atomic E-state index is 17.1. The number of nitrogens with zero attached hydrogens (tertiary/aromatic N) is 6. The number of rotatable bonds is 4. The number of ether oxygens (including phenoxy) is 2. The monoisotopic (exact) mass is 665 g/mol. The van der Waals surface area contributed by atoms with Crippen molar-refractivity contribution >= 4 is 54.7 Å². The zero-order chi connectivity index (χ0) is 31.9. The molecule has 14 heteroatoms. The van der Waals surface area contributed by atoms with E-state index in [0.717, 1.165) is 30.7 Å². The van der Waals surface area contributed by atoms with Crippen LogP contribution in [0.2, 0.25) is 5.02 Å². The van der Waals surface area contributed by atoms with Crippen LogP contribution in [-0.4, -0.2) is 65.5 Å².